The highest BCUT2D eigenvalue weighted by Gasteiger charge is 2.95. The minimum absolute atomic E-state index is 0.222. The largest absolute Gasteiger partial charge is 0.460 e. The van der Waals surface area contributed by atoms with Gasteiger partial charge in [0.2, 0.25) is 0 Å². The number of nitrogens with zero attached hydrogens (tertiary/aromatic N) is 1. The van der Waals surface area contributed by atoms with E-state index in [1.807, 2.05) is 0 Å². The average molecular weight is 758 g/mol. The van der Waals surface area contributed by atoms with Gasteiger partial charge in [-0.1, -0.05) is 22.6 Å². The summed E-state index contributed by atoms with van der Waals surface area (Å²) >= 11 is 3.90. The zero-order valence-electron chi connectivity index (χ0n) is 17.1. The van der Waals surface area contributed by atoms with Gasteiger partial charge < -0.3 is 0 Å². The summed E-state index contributed by atoms with van der Waals surface area (Å²) in [5.74, 6) is -56.1. The van der Waals surface area contributed by atoms with E-state index in [0.29, 0.717) is 5.56 Å². The Labute approximate surface area is 217 Å². The second-order valence-corrected chi connectivity index (χ2v) is 10.0. The van der Waals surface area contributed by atoms with Crippen LogP contribution in [0.4, 0.5) is 74.6 Å². The third-order valence-corrected chi connectivity index (χ3v) is 6.30. The zero-order valence-corrected chi connectivity index (χ0v) is 20.8. The number of aromatic nitrogens is 1. The van der Waals surface area contributed by atoms with Crippen LogP contribution in [0.25, 0.3) is 0 Å². The smallest absolute Gasteiger partial charge is 0.249 e. The van der Waals surface area contributed by atoms with Crippen LogP contribution in [0.1, 0.15) is 18.4 Å². The van der Waals surface area contributed by atoms with Gasteiger partial charge in [-0.05, 0) is 46.5 Å². The van der Waals surface area contributed by atoms with E-state index in [1.165, 1.54) is 18.3 Å². The molecule has 0 spiro atoms. The number of hydrogen-bond acceptors (Lipinski definition) is 1. The first kappa shape index (κ1) is 34.2. The van der Waals surface area contributed by atoms with Crippen molar-refractivity contribution in [1.82, 2.24) is 4.98 Å². The lowest BCUT2D eigenvalue weighted by Gasteiger charge is -2.43. The fraction of sp³-hybridized carbons (Fsp3) is 0.706. The van der Waals surface area contributed by atoms with Gasteiger partial charge in [0.05, 0.1) is 0 Å². The molecule has 0 saturated carbocycles. The summed E-state index contributed by atoms with van der Waals surface area (Å²) in [5, 5.41) is 0. The molecule has 0 aliphatic rings. The molecule has 1 aromatic rings. The van der Waals surface area contributed by atoms with Crippen molar-refractivity contribution in [3.8, 4) is 0 Å². The van der Waals surface area contributed by atoms with Crippen molar-refractivity contribution in [2.45, 2.75) is 70.8 Å². The molecule has 0 aliphatic carbocycles. The van der Waals surface area contributed by atoms with Crippen molar-refractivity contribution < 1.29 is 74.6 Å². The Morgan fingerprint density at radius 1 is 0.676 bits per heavy atom. The van der Waals surface area contributed by atoms with Gasteiger partial charge in [-0.15, -0.1) is 0 Å². The highest BCUT2D eigenvalue weighted by molar-refractivity contribution is 14.1. The summed E-state index contributed by atoms with van der Waals surface area (Å²) in [7, 11) is 0. The second-order valence-electron chi connectivity index (χ2n) is 7.48. The topological polar surface area (TPSA) is 12.9 Å². The van der Waals surface area contributed by atoms with E-state index in [-0.39, 0.29) is 11.0 Å². The summed E-state index contributed by atoms with van der Waals surface area (Å²) in [6.45, 7) is 0. The number of pyridine rings is 1. The molecule has 0 bridgehead atoms. The van der Waals surface area contributed by atoms with Gasteiger partial charge >= 0.3 is 47.6 Å². The normalized spacial score (nSPS) is 16.2. The van der Waals surface area contributed by atoms with Crippen molar-refractivity contribution in [3.05, 3.63) is 28.5 Å². The Kier molecular flexibility index (Phi) is 9.51. The van der Waals surface area contributed by atoms with Gasteiger partial charge in [0.25, 0.3) is 0 Å². The molecule has 0 fully saturated rings. The van der Waals surface area contributed by atoms with Gasteiger partial charge in [-0.2, -0.15) is 74.6 Å². The summed E-state index contributed by atoms with van der Waals surface area (Å²) in [6, 6.07) is 2.61. The van der Waals surface area contributed by atoms with Crippen LogP contribution in [0.3, 0.4) is 0 Å². The first-order valence-electron chi connectivity index (χ1n) is 9.07. The van der Waals surface area contributed by atoms with Crippen molar-refractivity contribution >= 4 is 38.5 Å². The lowest BCUT2D eigenvalue weighted by atomic mass is 9.87. The minimum Gasteiger partial charge on any atom is -0.249 e. The maximum absolute atomic E-state index is 14.0. The van der Waals surface area contributed by atoms with E-state index in [9.17, 15) is 74.6 Å². The molecule has 0 saturated heterocycles. The summed E-state index contributed by atoms with van der Waals surface area (Å²) in [4.78, 5) is 3.69. The standard InChI is InChI=1S/C17H10BrF17IN/c18-9-5-7(3-4-37-9)1-2-8(36)6-10(19,20)11(21,22)12(23,24)13(25,26)14(27,28)15(29,30)16(31,32)17(33,34)35/h3-5,8H,1-2,6H2. The van der Waals surface area contributed by atoms with Crippen LogP contribution in [0.5, 0.6) is 0 Å². The molecule has 0 aliphatic heterocycles. The Balaban J connectivity index is 3.33. The van der Waals surface area contributed by atoms with E-state index >= 15 is 0 Å². The SMILES string of the molecule is FC(F)(F)C(F)(F)C(F)(F)C(F)(F)C(F)(F)C(F)(F)C(F)(F)C(F)(F)CC(I)CCc1ccnc(Br)c1. The molecule has 1 rings (SSSR count). The third-order valence-electron chi connectivity index (χ3n) is 4.80. The Bertz CT molecular complexity index is 946. The lowest BCUT2D eigenvalue weighted by Crippen LogP contribution is -2.74. The first-order valence-corrected chi connectivity index (χ1v) is 11.1. The fourth-order valence-corrected chi connectivity index (χ4v) is 3.90. The maximum atomic E-state index is 14.0. The molecule has 1 aromatic heterocycles. The first-order chi connectivity index (χ1) is 16.1. The van der Waals surface area contributed by atoms with E-state index in [0.717, 1.165) is 22.6 Å². The fourth-order valence-electron chi connectivity index (χ4n) is 2.63. The molecule has 0 N–H and O–H groups in total. The molecule has 1 heterocycles. The summed E-state index contributed by atoms with van der Waals surface area (Å²) < 4.78 is 224. The monoisotopic (exact) mass is 757 g/mol. The van der Waals surface area contributed by atoms with Gasteiger partial charge in [0, 0.05) is 16.5 Å². The highest BCUT2D eigenvalue weighted by atomic mass is 127. The van der Waals surface area contributed by atoms with Gasteiger partial charge in [-0.3, -0.25) is 0 Å². The van der Waals surface area contributed by atoms with Crippen LogP contribution in [0, 0.1) is 0 Å². The van der Waals surface area contributed by atoms with Crippen LogP contribution in [-0.4, -0.2) is 56.5 Å². The van der Waals surface area contributed by atoms with E-state index in [1.54, 1.807) is 0 Å². The molecule has 20 heteroatoms. The van der Waals surface area contributed by atoms with E-state index < -0.39 is 64.4 Å². The zero-order chi connectivity index (χ0) is 29.7. The molecule has 1 atom stereocenters. The lowest BCUT2D eigenvalue weighted by molar-refractivity contribution is -0.461. The van der Waals surface area contributed by atoms with Crippen molar-refractivity contribution in [1.29, 1.82) is 0 Å². The molecule has 0 radical (unpaired) electrons. The number of rotatable bonds is 11. The molecule has 216 valence electrons. The molecule has 0 aromatic carbocycles. The average Bonchev–Trinajstić information content (AvgIpc) is 2.70. The van der Waals surface area contributed by atoms with Crippen molar-refractivity contribution in [3.63, 3.8) is 0 Å². The minimum atomic E-state index is -8.61. The molecule has 0 amide bonds. The number of hydrogen-bond donors (Lipinski definition) is 0. The van der Waals surface area contributed by atoms with Gasteiger partial charge in [-0.25, -0.2) is 4.98 Å². The van der Waals surface area contributed by atoms with Crippen LogP contribution in [0.15, 0.2) is 22.9 Å². The molecule has 1 nitrogen and oxygen atoms in total. The van der Waals surface area contributed by atoms with E-state index in [2.05, 4.69) is 20.9 Å². The Morgan fingerprint density at radius 2 is 1.08 bits per heavy atom. The Morgan fingerprint density at radius 3 is 1.49 bits per heavy atom. The molecule has 1 unspecified atom stereocenters. The number of alkyl halides is 18. The Hall–Kier alpha value is -0.830. The second kappa shape index (κ2) is 10.3. The molecular formula is C17H10BrF17IN. The van der Waals surface area contributed by atoms with Crippen molar-refractivity contribution in [2.24, 2.45) is 0 Å². The number of aryl methyl sites for hydroxylation is 1. The number of halogens is 19. The van der Waals surface area contributed by atoms with Crippen LogP contribution < -0.4 is 0 Å². The summed E-state index contributed by atoms with van der Waals surface area (Å²) in [6.07, 6.45) is -9.78. The van der Waals surface area contributed by atoms with Gasteiger partial charge in [0.1, 0.15) is 4.60 Å². The predicted molar refractivity (Wildman–Crippen MR) is 103 cm³/mol. The highest BCUT2D eigenvalue weighted by Crippen LogP contribution is 2.64. The van der Waals surface area contributed by atoms with Crippen molar-refractivity contribution in [2.75, 3.05) is 0 Å². The maximum Gasteiger partial charge on any atom is 0.460 e. The molecule has 37 heavy (non-hydrogen) atoms. The van der Waals surface area contributed by atoms with E-state index in [4.69, 9.17) is 0 Å². The predicted octanol–water partition coefficient (Wildman–Crippen LogP) is 8.98. The molecular weight excluding hydrogens is 748 g/mol. The third kappa shape index (κ3) is 5.73. The van der Waals surface area contributed by atoms with Crippen LogP contribution >= 0.6 is 38.5 Å². The van der Waals surface area contributed by atoms with Crippen LogP contribution in [0.2, 0.25) is 0 Å². The van der Waals surface area contributed by atoms with Crippen LogP contribution in [-0.2, 0) is 6.42 Å². The quantitative estimate of drug-likeness (QED) is 0.0952. The van der Waals surface area contributed by atoms with Gasteiger partial charge in [0.15, 0.2) is 0 Å². The summed E-state index contributed by atoms with van der Waals surface area (Å²) in [5.41, 5.74) is 0.322.